The van der Waals surface area contributed by atoms with Crippen molar-refractivity contribution in [3.8, 4) is 6.07 Å². The third kappa shape index (κ3) is 0.863. The highest BCUT2D eigenvalue weighted by Gasteiger charge is 2.01. The van der Waals surface area contributed by atoms with Crippen LogP contribution in [0.5, 0.6) is 0 Å². The number of rotatable bonds is 0. The van der Waals surface area contributed by atoms with Crippen LogP contribution in [0.4, 0.5) is 0 Å². The fourth-order valence-corrected chi connectivity index (χ4v) is 1.48. The average Bonchev–Trinajstić information content (AvgIpc) is 2.50. The van der Waals surface area contributed by atoms with Crippen LogP contribution < -0.4 is 0 Å². The molecule has 0 spiro atoms. The van der Waals surface area contributed by atoms with Gasteiger partial charge in [-0.25, -0.2) is 0 Å². The number of nitriles is 1. The smallest absolute Gasteiger partial charge is 0.123 e. The van der Waals surface area contributed by atoms with Gasteiger partial charge in [-0.15, -0.1) is 5.10 Å². The Morgan fingerprint density at radius 2 is 2.36 bits per heavy atom. The van der Waals surface area contributed by atoms with Crippen LogP contribution in [0.2, 0.25) is 0 Å². The van der Waals surface area contributed by atoms with Crippen LogP contribution in [0, 0.1) is 11.3 Å². The van der Waals surface area contributed by atoms with Crippen LogP contribution in [0.1, 0.15) is 5.56 Å². The summed E-state index contributed by atoms with van der Waals surface area (Å²) in [6, 6.07) is 7.54. The quantitative estimate of drug-likeness (QED) is 0.589. The molecule has 0 fully saturated rings. The van der Waals surface area contributed by atoms with Crippen molar-refractivity contribution in [3.05, 3.63) is 23.8 Å². The lowest BCUT2D eigenvalue weighted by atomic mass is 10.2. The Morgan fingerprint density at radius 3 is 3.18 bits per heavy atom. The summed E-state index contributed by atoms with van der Waals surface area (Å²) in [5.74, 6) is 0. The van der Waals surface area contributed by atoms with Gasteiger partial charge in [0.25, 0.3) is 0 Å². The van der Waals surface area contributed by atoms with Crippen molar-refractivity contribution >= 4 is 21.7 Å². The highest BCUT2D eigenvalue weighted by Crippen LogP contribution is 2.17. The van der Waals surface area contributed by atoms with E-state index in [9.17, 15) is 0 Å². The molecule has 1 aromatic carbocycles. The van der Waals surface area contributed by atoms with Gasteiger partial charge in [-0.2, -0.15) is 5.26 Å². The van der Waals surface area contributed by atoms with E-state index in [1.807, 2.05) is 12.1 Å². The van der Waals surface area contributed by atoms with Gasteiger partial charge in [-0.3, -0.25) is 0 Å². The van der Waals surface area contributed by atoms with Crippen molar-refractivity contribution in [2.24, 2.45) is 0 Å². The number of aromatic nitrogens is 2. The van der Waals surface area contributed by atoms with Crippen LogP contribution >= 0.6 is 11.5 Å². The minimum Gasteiger partial charge on any atom is -0.192 e. The van der Waals surface area contributed by atoms with E-state index in [2.05, 4.69) is 15.7 Å². The van der Waals surface area contributed by atoms with E-state index in [-0.39, 0.29) is 0 Å². The molecule has 2 rings (SSSR count). The zero-order valence-corrected chi connectivity index (χ0v) is 6.30. The Hall–Kier alpha value is -1.47. The third-order valence-corrected chi connectivity index (χ3v) is 2.09. The summed E-state index contributed by atoms with van der Waals surface area (Å²) < 4.78 is 4.71. The molecule has 0 aliphatic carbocycles. The van der Waals surface area contributed by atoms with E-state index in [1.165, 1.54) is 11.5 Å². The second-order valence-corrected chi connectivity index (χ2v) is 2.82. The van der Waals surface area contributed by atoms with Gasteiger partial charge in [0, 0.05) is 0 Å². The van der Waals surface area contributed by atoms with Gasteiger partial charge in [0.05, 0.1) is 10.3 Å². The summed E-state index contributed by atoms with van der Waals surface area (Å²) >= 11 is 1.30. The first-order chi connectivity index (χ1) is 5.42. The third-order valence-electron chi connectivity index (χ3n) is 1.40. The summed E-state index contributed by atoms with van der Waals surface area (Å²) in [7, 11) is 0. The van der Waals surface area contributed by atoms with Crippen LogP contribution in [-0.4, -0.2) is 9.59 Å². The monoisotopic (exact) mass is 161 g/mol. The van der Waals surface area contributed by atoms with Crippen molar-refractivity contribution in [2.45, 2.75) is 0 Å². The Kier molecular flexibility index (Phi) is 1.30. The largest absolute Gasteiger partial charge is 0.192 e. The zero-order chi connectivity index (χ0) is 7.68. The number of fused-ring (bicyclic) bond motifs is 1. The maximum Gasteiger partial charge on any atom is 0.123 e. The lowest BCUT2D eigenvalue weighted by molar-refractivity contribution is 1.19. The van der Waals surface area contributed by atoms with Crippen LogP contribution in [-0.2, 0) is 0 Å². The molecular weight excluding hydrogens is 158 g/mol. The molecule has 11 heavy (non-hydrogen) atoms. The normalized spacial score (nSPS) is 9.73. The van der Waals surface area contributed by atoms with E-state index in [4.69, 9.17) is 5.26 Å². The Labute approximate surface area is 67.1 Å². The molecule has 0 radical (unpaired) electrons. The second-order valence-electron chi connectivity index (χ2n) is 2.04. The molecule has 52 valence electrons. The van der Waals surface area contributed by atoms with Gasteiger partial charge in [-0.1, -0.05) is 10.6 Å². The molecule has 1 aromatic heterocycles. The lowest BCUT2D eigenvalue weighted by Crippen LogP contribution is -1.75. The molecule has 0 unspecified atom stereocenters. The lowest BCUT2D eigenvalue weighted by Gasteiger charge is -1.86. The van der Waals surface area contributed by atoms with E-state index in [0.717, 1.165) is 4.70 Å². The van der Waals surface area contributed by atoms with Gasteiger partial charge in [-0.05, 0) is 23.7 Å². The maximum absolute atomic E-state index is 8.64. The first-order valence-corrected chi connectivity index (χ1v) is 3.80. The first kappa shape index (κ1) is 6.25. The van der Waals surface area contributed by atoms with Crippen molar-refractivity contribution in [1.29, 1.82) is 5.26 Å². The highest BCUT2D eigenvalue weighted by molar-refractivity contribution is 7.12. The zero-order valence-electron chi connectivity index (χ0n) is 5.48. The summed E-state index contributed by atoms with van der Waals surface area (Å²) in [4.78, 5) is 0. The SMILES string of the molecule is N#Cc1cccc2snnc12. The van der Waals surface area contributed by atoms with Gasteiger partial charge >= 0.3 is 0 Å². The van der Waals surface area contributed by atoms with Gasteiger partial charge in [0.1, 0.15) is 11.6 Å². The summed E-state index contributed by atoms with van der Waals surface area (Å²) in [6.45, 7) is 0. The average molecular weight is 161 g/mol. The Balaban J connectivity index is 2.92. The summed E-state index contributed by atoms with van der Waals surface area (Å²) in [5.41, 5.74) is 1.30. The van der Waals surface area contributed by atoms with Gasteiger partial charge < -0.3 is 0 Å². The second kappa shape index (κ2) is 2.29. The van der Waals surface area contributed by atoms with Crippen molar-refractivity contribution in [2.75, 3.05) is 0 Å². The minimum atomic E-state index is 0.594. The highest BCUT2D eigenvalue weighted by atomic mass is 32.1. The fraction of sp³-hybridized carbons (Fsp3) is 0. The molecule has 1 heterocycles. The standard InChI is InChI=1S/C7H3N3S/c8-4-5-2-1-3-6-7(5)9-10-11-6/h1-3H. The van der Waals surface area contributed by atoms with Gasteiger partial charge in [0.15, 0.2) is 0 Å². The van der Waals surface area contributed by atoms with Crippen molar-refractivity contribution in [1.82, 2.24) is 9.59 Å². The molecule has 0 saturated carbocycles. The molecule has 0 atom stereocenters. The molecule has 0 N–H and O–H groups in total. The van der Waals surface area contributed by atoms with E-state index in [1.54, 1.807) is 6.07 Å². The van der Waals surface area contributed by atoms with Gasteiger partial charge in [0.2, 0.25) is 0 Å². The first-order valence-electron chi connectivity index (χ1n) is 3.03. The summed E-state index contributed by atoms with van der Waals surface area (Å²) in [6.07, 6.45) is 0. The van der Waals surface area contributed by atoms with E-state index >= 15 is 0 Å². The fourth-order valence-electron chi connectivity index (χ4n) is 0.895. The van der Waals surface area contributed by atoms with E-state index < -0.39 is 0 Å². The number of benzene rings is 1. The van der Waals surface area contributed by atoms with Crippen LogP contribution in [0.15, 0.2) is 18.2 Å². The topological polar surface area (TPSA) is 49.6 Å². The number of hydrogen-bond donors (Lipinski definition) is 0. The summed E-state index contributed by atoms with van der Waals surface area (Å²) in [5, 5.41) is 12.5. The molecule has 0 bridgehead atoms. The molecule has 0 aliphatic heterocycles. The molecule has 3 nitrogen and oxygen atoms in total. The van der Waals surface area contributed by atoms with Crippen molar-refractivity contribution < 1.29 is 0 Å². The van der Waals surface area contributed by atoms with E-state index in [0.29, 0.717) is 11.1 Å². The van der Waals surface area contributed by atoms with Crippen LogP contribution in [0.25, 0.3) is 10.2 Å². The number of hydrogen-bond acceptors (Lipinski definition) is 4. The van der Waals surface area contributed by atoms with Crippen molar-refractivity contribution in [3.63, 3.8) is 0 Å². The predicted octanol–water partition coefficient (Wildman–Crippen LogP) is 1.56. The molecule has 0 aliphatic rings. The Bertz CT molecular complexity index is 426. The molecule has 0 saturated heterocycles. The minimum absolute atomic E-state index is 0.594. The molecule has 2 aromatic rings. The molecular formula is C7H3N3S. The Morgan fingerprint density at radius 1 is 1.45 bits per heavy atom. The predicted molar refractivity (Wildman–Crippen MR) is 42.1 cm³/mol. The molecule has 4 heteroatoms. The van der Waals surface area contributed by atoms with Crippen LogP contribution in [0.3, 0.4) is 0 Å². The number of nitrogens with zero attached hydrogens (tertiary/aromatic N) is 3. The maximum atomic E-state index is 8.64. The molecule has 0 amide bonds.